The van der Waals surface area contributed by atoms with E-state index < -0.39 is 0 Å². The van der Waals surface area contributed by atoms with E-state index >= 15 is 0 Å². The highest BCUT2D eigenvalue weighted by molar-refractivity contribution is 5.85. The van der Waals surface area contributed by atoms with Crippen LogP contribution < -0.4 is 0 Å². The molecule has 1 unspecified atom stereocenters. The zero-order valence-corrected chi connectivity index (χ0v) is 19.0. The van der Waals surface area contributed by atoms with Crippen LogP contribution in [-0.4, -0.2) is 48.0 Å². The van der Waals surface area contributed by atoms with Crippen molar-refractivity contribution in [1.82, 2.24) is 4.90 Å². The number of hydrogen-bond acceptors (Lipinski definition) is 3. The molecule has 0 saturated heterocycles. The van der Waals surface area contributed by atoms with Gasteiger partial charge in [0.1, 0.15) is 0 Å². The molecule has 0 spiro atoms. The summed E-state index contributed by atoms with van der Waals surface area (Å²) in [6.07, 6.45) is 22.0. The molecule has 0 aliphatic rings. The summed E-state index contributed by atoms with van der Waals surface area (Å²) >= 11 is 0. The quantitative estimate of drug-likeness (QED) is 0.193. The van der Waals surface area contributed by atoms with Crippen molar-refractivity contribution in [3.05, 3.63) is 12.2 Å². The van der Waals surface area contributed by atoms with Gasteiger partial charge in [-0.15, -0.1) is 12.4 Å². The van der Waals surface area contributed by atoms with E-state index in [9.17, 15) is 0 Å². The lowest BCUT2D eigenvalue weighted by molar-refractivity contribution is 0.158. The van der Waals surface area contributed by atoms with Crippen LogP contribution in [0.25, 0.3) is 0 Å². The third-order valence-electron chi connectivity index (χ3n) is 5.21. The molecular formula is C23H48ClNO2. The normalized spacial score (nSPS) is 12.6. The first kappa shape index (κ1) is 29.1. The predicted molar refractivity (Wildman–Crippen MR) is 122 cm³/mol. The maximum atomic E-state index is 9.01. The van der Waals surface area contributed by atoms with Crippen molar-refractivity contribution in [3.63, 3.8) is 0 Å². The number of unbranched alkanes of at least 4 members (excludes halogenated alkanes) is 8. The van der Waals surface area contributed by atoms with Crippen LogP contribution in [0, 0.1) is 5.92 Å². The molecule has 0 fully saturated rings. The third kappa shape index (κ3) is 22.1. The molecule has 27 heavy (non-hydrogen) atoms. The molecule has 0 rings (SSSR count). The molecule has 4 heteroatoms. The molecule has 0 radical (unpaired) electrons. The molecule has 164 valence electrons. The molecule has 1 atom stereocenters. The first-order valence-corrected chi connectivity index (χ1v) is 11.3. The number of allylic oxidation sites excluding steroid dienone is 2. The highest BCUT2D eigenvalue weighted by Crippen LogP contribution is 2.16. The van der Waals surface area contributed by atoms with Crippen molar-refractivity contribution in [1.29, 1.82) is 0 Å². The lowest BCUT2D eigenvalue weighted by Gasteiger charge is -2.20. The average molecular weight is 406 g/mol. The Hall–Kier alpha value is -0.0900. The van der Waals surface area contributed by atoms with Gasteiger partial charge < -0.3 is 10.2 Å². The zero-order chi connectivity index (χ0) is 19.3. The first-order chi connectivity index (χ1) is 12.7. The van der Waals surface area contributed by atoms with E-state index in [-0.39, 0.29) is 25.6 Å². The summed E-state index contributed by atoms with van der Waals surface area (Å²) in [4.78, 5) is 2.15. The Kier molecular flexibility index (Phi) is 25.8. The van der Waals surface area contributed by atoms with Crippen LogP contribution in [0.15, 0.2) is 12.2 Å². The molecule has 0 amide bonds. The Morgan fingerprint density at radius 3 is 1.89 bits per heavy atom. The predicted octanol–water partition coefficient (Wildman–Crippen LogP) is 5.98. The van der Waals surface area contributed by atoms with Crippen molar-refractivity contribution >= 4 is 12.4 Å². The maximum Gasteiger partial charge on any atom is 0.0558 e. The fraction of sp³-hybridized carbons (Fsp3) is 0.913. The number of halogens is 1. The molecule has 0 saturated carbocycles. The maximum absolute atomic E-state index is 9.01. The standard InChI is InChI=1S/C23H47NO2.ClH/c1-3-4-5-6-7-8-9-10-11-12-13-16-23(2)17-14-15-18-24(19-21-25)20-22-26;/h10-11,23,25-26H,3-9,12-22H2,1-2H3;1H. The fourth-order valence-electron chi connectivity index (χ4n) is 3.45. The smallest absolute Gasteiger partial charge is 0.0558 e. The van der Waals surface area contributed by atoms with E-state index in [0.29, 0.717) is 13.1 Å². The zero-order valence-electron chi connectivity index (χ0n) is 18.2. The van der Waals surface area contributed by atoms with Crippen molar-refractivity contribution in [2.75, 3.05) is 32.8 Å². The number of aliphatic hydroxyl groups is 2. The van der Waals surface area contributed by atoms with Gasteiger partial charge in [-0.3, -0.25) is 4.90 Å². The molecule has 0 aromatic rings. The van der Waals surface area contributed by atoms with Gasteiger partial charge in [0.2, 0.25) is 0 Å². The first-order valence-electron chi connectivity index (χ1n) is 11.3. The highest BCUT2D eigenvalue weighted by atomic mass is 35.5. The largest absolute Gasteiger partial charge is 0.395 e. The third-order valence-corrected chi connectivity index (χ3v) is 5.21. The van der Waals surface area contributed by atoms with Gasteiger partial charge >= 0.3 is 0 Å². The Balaban J connectivity index is 0. The number of nitrogens with zero attached hydrogens (tertiary/aromatic N) is 1. The van der Waals surface area contributed by atoms with Gasteiger partial charge in [0.05, 0.1) is 13.2 Å². The van der Waals surface area contributed by atoms with Gasteiger partial charge in [0.25, 0.3) is 0 Å². The molecule has 0 bridgehead atoms. The number of aliphatic hydroxyl groups excluding tert-OH is 2. The summed E-state index contributed by atoms with van der Waals surface area (Å²) in [7, 11) is 0. The van der Waals surface area contributed by atoms with Crippen LogP contribution in [0.5, 0.6) is 0 Å². The molecule has 0 aliphatic carbocycles. The van der Waals surface area contributed by atoms with Crippen molar-refractivity contribution in [2.24, 2.45) is 5.92 Å². The van der Waals surface area contributed by atoms with Crippen LogP contribution in [0.3, 0.4) is 0 Å². The van der Waals surface area contributed by atoms with Crippen LogP contribution in [-0.2, 0) is 0 Å². The number of rotatable bonds is 20. The SMILES string of the molecule is CCCCCCCCC=CCCCC(C)CCCCN(CCO)CCO.Cl. The van der Waals surface area contributed by atoms with E-state index in [1.807, 2.05) is 0 Å². The highest BCUT2D eigenvalue weighted by Gasteiger charge is 2.05. The molecular weight excluding hydrogens is 358 g/mol. The summed E-state index contributed by atoms with van der Waals surface area (Å²) in [6.45, 7) is 7.37. The Labute approximate surface area is 176 Å². The van der Waals surface area contributed by atoms with Crippen molar-refractivity contribution in [2.45, 2.75) is 97.3 Å². The van der Waals surface area contributed by atoms with Gasteiger partial charge in [-0.1, -0.05) is 77.4 Å². The Morgan fingerprint density at radius 2 is 1.26 bits per heavy atom. The fourth-order valence-corrected chi connectivity index (χ4v) is 3.45. The summed E-state index contributed by atoms with van der Waals surface area (Å²) < 4.78 is 0. The second-order valence-corrected chi connectivity index (χ2v) is 7.85. The molecule has 0 aromatic carbocycles. The topological polar surface area (TPSA) is 43.7 Å². The van der Waals surface area contributed by atoms with Crippen LogP contribution in [0.4, 0.5) is 0 Å². The molecule has 0 aromatic heterocycles. The lowest BCUT2D eigenvalue weighted by atomic mass is 9.97. The van der Waals surface area contributed by atoms with Gasteiger partial charge in [-0.2, -0.15) is 0 Å². The molecule has 2 N–H and O–H groups in total. The van der Waals surface area contributed by atoms with E-state index in [2.05, 4.69) is 30.9 Å². The van der Waals surface area contributed by atoms with E-state index in [0.717, 1.165) is 12.5 Å². The summed E-state index contributed by atoms with van der Waals surface area (Å²) in [5.74, 6) is 0.811. The average Bonchev–Trinajstić information content (AvgIpc) is 2.63. The van der Waals surface area contributed by atoms with E-state index in [1.54, 1.807) is 0 Å². The molecule has 0 aliphatic heterocycles. The monoisotopic (exact) mass is 405 g/mol. The Bertz CT molecular complexity index is 294. The second kappa shape index (κ2) is 23.9. The summed E-state index contributed by atoms with van der Waals surface area (Å²) in [5.41, 5.74) is 0. The van der Waals surface area contributed by atoms with Gasteiger partial charge in [-0.25, -0.2) is 0 Å². The van der Waals surface area contributed by atoms with Crippen molar-refractivity contribution in [3.8, 4) is 0 Å². The van der Waals surface area contributed by atoms with Crippen LogP contribution in [0.2, 0.25) is 0 Å². The lowest BCUT2D eigenvalue weighted by Crippen LogP contribution is -2.30. The summed E-state index contributed by atoms with van der Waals surface area (Å²) in [5, 5.41) is 18.0. The minimum Gasteiger partial charge on any atom is -0.395 e. The van der Waals surface area contributed by atoms with E-state index in [1.165, 1.54) is 83.5 Å². The van der Waals surface area contributed by atoms with Crippen LogP contribution in [0.1, 0.15) is 97.3 Å². The van der Waals surface area contributed by atoms with Crippen molar-refractivity contribution < 1.29 is 10.2 Å². The minimum absolute atomic E-state index is 0. The van der Waals surface area contributed by atoms with Gasteiger partial charge in [0, 0.05) is 13.1 Å². The van der Waals surface area contributed by atoms with Gasteiger partial charge in [0.15, 0.2) is 0 Å². The van der Waals surface area contributed by atoms with Crippen LogP contribution >= 0.6 is 12.4 Å². The minimum atomic E-state index is 0. The Morgan fingerprint density at radius 1 is 0.704 bits per heavy atom. The number of hydrogen-bond donors (Lipinski definition) is 2. The molecule has 0 heterocycles. The van der Waals surface area contributed by atoms with E-state index in [4.69, 9.17) is 10.2 Å². The van der Waals surface area contributed by atoms with Gasteiger partial charge in [-0.05, 0) is 44.6 Å². The second-order valence-electron chi connectivity index (χ2n) is 7.85. The molecule has 3 nitrogen and oxygen atoms in total. The summed E-state index contributed by atoms with van der Waals surface area (Å²) in [6, 6.07) is 0.